The van der Waals surface area contributed by atoms with Crippen LogP contribution in [-0.2, 0) is 0 Å². The first-order chi connectivity index (χ1) is 13.2. The van der Waals surface area contributed by atoms with Crippen LogP contribution in [0, 0.1) is 0 Å². The summed E-state index contributed by atoms with van der Waals surface area (Å²) < 4.78 is 14.0. The highest BCUT2D eigenvalue weighted by molar-refractivity contribution is 6.12. The summed E-state index contributed by atoms with van der Waals surface area (Å²) >= 11 is 0. The SMILES string of the molecule is C=C(F)c1ccc(N2CCN(N)[C@](C)(N)C2)nc1C(=O)c1cccnc1NN. The second-order valence-electron chi connectivity index (χ2n) is 6.82. The molecule has 0 aliphatic carbocycles. The number of aromatic nitrogens is 2. The fourth-order valence-corrected chi connectivity index (χ4v) is 3.08. The van der Waals surface area contributed by atoms with Gasteiger partial charge in [0.1, 0.15) is 17.3 Å². The van der Waals surface area contributed by atoms with E-state index < -0.39 is 17.3 Å². The lowest BCUT2D eigenvalue weighted by molar-refractivity contribution is 0.0944. The summed E-state index contributed by atoms with van der Waals surface area (Å²) in [5, 5.41) is 1.56. The molecule has 0 bridgehead atoms. The molecule has 0 saturated carbocycles. The van der Waals surface area contributed by atoms with Crippen molar-refractivity contribution in [1.82, 2.24) is 15.0 Å². The summed E-state index contributed by atoms with van der Waals surface area (Å²) in [6.45, 7) is 6.57. The molecule has 9 nitrogen and oxygen atoms in total. The van der Waals surface area contributed by atoms with Crippen molar-refractivity contribution >= 4 is 23.2 Å². The number of carbonyl (C=O) groups is 1. The number of nitrogens with one attached hydrogen (secondary N) is 1. The molecule has 0 radical (unpaired) electrons. The van der Waals surface area contributed by atoms with Crippen molar-refractivity contribution in [2.45, 2.75) is 12.6 Å². The molecular weight excluding hydrogens is 363 g/mol. The molecule has 0 amide bonds. The first-order valence-corrected chi connectivity index (χ1v) is 8.63. The number of nitrogens with two attached hydrogens (primary N) is 3. The van der Waals surface area contributed by atoms with Gasteiger partial charge in [-0.15, -0.1) is 0 Å². The first-order valence-electron chi connectivity index (χ1n) is 8.63. The summed E-state index contributed by atoms with van der Waals surface area (Å²) in [6.07, 6.45) is 1.49. The van der Waals surface area contributed by atoms with Crippen LogP contribution >= 0.6 is 0 Å². The summed E-state index contributed by atoms with van der Waals surface area (Å²) in [5.41, 5.74) is 7.91. The van der Waals surface area contributed by atoms with Crippen LogP contribution in [0.4, 0.5) is 16.0 Å². The first kappa shape index (κ1) is 19.8. The number of hydrazine groups is 2. The van der Waals surface area contributed by atoms with Crippen LogP contribution in [0.1, 0.15) is 28.5 Å². The fourth-order valence-electron chi connectivity index (χ4n) is 3.08. The highest BCUT2D eigenvalue weighted by Crippen LogP contribution is 2.27. The largest absolute Gasteiger partial charge is 0.352 e. The minimum atomic E-state index is -0.771. The molecule has 3 heterocycles. The van der Waals surface area contributed by atoms with E-state index in [1.165, 1.54) is 18.3 Å². The van der Waals surface area contributed by atoms with Crippen molar-refractivity contribution < 1.29 is 9.18 Å². The Morgan fingerprint density at radius 3 is 2.71 bits per heavy atom. The third-order valence-corrected chi connectivity index (χ3v) is 4.68. The van der Waals surface area contributed by atoms with E-state index in [4.69, 9.17) is 17.4 Å². The average molecular weight is 386 g/mol. The van der Waals surface area contributed by atoms with Crippen LogP contribution in [0.3, 0.4) is 0 Å². The second kappa shape index (κ2) is 7.60. The molecule has 2 aromatic rings. The van der Waals surface area contributed by atoms with Gasteiger partial charge in [-0.1, -0.05) is 6.58 Å². The number of nitrogen functional groups attached to an aromatic ring is 1. The predicted molar refractivity (Wildman–Crippen MR) is 106 cm³/mol. The Kier molecular flexibility index (Phi) is 5.38. The lowest BCUT2D eigenvalue weighted by Crippen LogP contribution is -2.68. The van der Waals surface area contributed by atoms with E-state index >= 15 is 0 Å². The predicted octanol–water partition coefficient (Wildman–Crippen LogP) is 0.604. The molecule has 0 aromatic carbocycles. The van der Waals surface area contributed by atoms with Gasteiger partial charge in [0.25, 0.3) is 0 Å². The Bertz CT molecular complexity index is 916. The normalized spacial score (nSPS) is 20.1. The van der Waals surface area contributed by atoms with E-state index in [-0.39, 0.29) is 22.6 Å². The Labute approximate surface area is 162 Å². The number of rotatable bonds is 5. The Balaban J connectivity index is 2.04. The molecule has 0 spiro atoms. The van der Waals surface area contributed by atoms with Crippen LogP contribution in [0.5, 0.6) is 0 Å². The standard InChI is InChI=1S/C18H23FN8O/c1-11(19)12-5-6-14(26-8-9-27(22)18(2,20)10-26)24-15(12)16(28)13-4-3-7-23-17(13)25-21/h3-7H,1,8-10,20-22H2,2H3,(H,23,25)/t18-/m0/s1. The highest BCUT2D eigenvalue weighted by Gasteiger charge is 2.33. The molecular formula is C18H23FN8O. The van der Waals surface area contributed by atoms with Gasteiger partial charge in [-0.3, -0.25) is 10.6 Å². The second-order valence-corrected chi connectivity index (χ2v) is 6.82. The van der Waals surface area contributed by atoms with Crippen molar-refractivity contribution in [3.05, 3.63) is 53.9 Å². The number of piperazine rings is 1. The number of carbonyl (C=O) groups excluding carboxylic acids is 1. The molecule has 1 aliphatic heterocycles. The van der Waals surface area contributed by atoms with Crippen LogP contribution < -0.4 is 27.7 Å². The maximum absolute atomic E-state index is 14.0. The number of hydrogen-bond acceptors (Lipinski definition) is 9. The average Bonchev–Trinajstić information content (AvgIpc) is 2.68. The van der Waals surface area contributed by atoms with Crippen molar-refractivity contribution in [3.63, 3.8) is 0 Å². The van der Waals surface area contributed by atoms with Crippen molar-refractivity contribution in [2.24, 2.45) is 17.4 Å². The summed E-state index contributed by atoms with van der Waals surface area (Å²) in [6, 6.07) is 6.23. The quantitative estimate of drug-likeness (QED) is 0.330. The maximum Gasteiger partial charge on any atom is 0.215 e. The molecule has 10 heteroatoms. The van der Waals surface area contributed by atoms with Gasteiger partial charge in [0.15, 0.2) is 5.82 Å². The van der Waals surface area contributed by atoms with E-state index in [9.17, 15) is 9.18 Å². The summed E-state index contributed by atoms with van der Waals surface area (Å²) in [5.74, 6) is 10.7. The molecule has 28 heavy (non-hydrogen) atoms. The molecule has 2 aromatic heterocycles. The molecule has 1 fully saturated rings. The zero-order valence-electron chi connectivity index (χ0n) is 15.5. The number of nitrogens with zero attached hydrogens (tertiary/aromatic N) is 4. The zero-order valence-corrected chi connectivity index (χ0v) is 15.5. The Hall–Kier alpha value is -2.92. The summed E-state index contributed by atoms with van der Waals surface area (Å²) in [7, 11) is 0. The maximum atomic E-state index is 14.0. The highest BCUT2D eigenvalue weighted by atomic mass is 19.1. The van der Waals surface area contributed by atoms with Gasteiger partial charge in [-0.2, -0.15) is 0 Å². The van der Waals surface area contributed by atoms with Crippen LogP contribution in [0.2, 0.25) is 0 Å². The fraction of sp³-hybridized carbons (Fsp3) is 0.278. The lowest BCUT2D eigenvalue weighted by atomic mass is 10.0. The lowest BCUT2D eigenvalue weighted by Gasteiger charge is -2.44. The topological polar surface area (TPSA) is 139 Å². The summed E-state index contributed by atoms with van der Waals surface area (Å²) in [4.78, 5) is 23.4. The van der Waals surface area contributed by atoms with Gasteiger partial charge in [0.05, 0.1) is 17.8 Å². The van der Waals surface area contributed by atoms with E-state index in [0.29, 0.717) is 25.5 Å². The van der Waals surface area contributed by atoms with Gasteiger partial charge in [0, 0.05) is 24.8 Å². The number of anilines is 2. The number of halogens is 1. The smallest absolute Gasteiger partial charge is 0.215 e. The molecule has 1 aliphatic rings. The van der Waals surface area contributed by atoms with Crippen molar-refractivity contribution in [3.8, 4) is 0 Å². The molecule has 1 saturated heterocycles. The third kappa shape index (κ3) is 3.71. The van der Waals surface area contributed by atoms with E-state index in [0.717, 1.165) is 0 Å². The monoisotopic (exact) mass is 386 g/mol. The molecule has 1 atom stereocenters. The van der Waals surface area contributed by atoms with E-state index in [1.807, 2.05) is 4.90 Å². The van der Waals surface area contributed by atoms with Gasteiger partial charge in [-0.25, -0.2) is 25.2 Å². The molecule has 0 unspecified atom stereocenters. The van der Waals surface area contributed by atoms with Gasteiger partial charge in [-0.05, 0) is 31.2 Å². The zero-order chi connectivity index (χ0) is 20.5. The van der Waals surface area contributed by atoms with Gasteiger partial charge >= 0.3 is 0 Å². The van der Waals surface area contributed by atoms with Crippen LogP contribution in [0.15, 0.2) is 37.0 Å². The number of pyridine rings is 2. The number of ketones is 1. The molecule has 7 N–H and O–H groups in total. The van der Waals surface area contributed by atoms with E-state index in [2.05, 4.69) is 22.0 Å². The van der Waals surface area contributed by atoms with Crippen molar-refractivity contribution in [1.29, 1.82) is 0 Å². The third-order valence-electron chi connectivity index (χ3n) is 4.68. The minimum Gasteiger partial charge on any atom is -0.352 e. The van der Waals surface area contributed by atoms with E-state index in [1.54, 1.807) is 24.1 Å². The van der Waals surface area contributed by atoms with Gasteiger partial charge < -0.3 is 16.1 Å². The number of hydrogen-bond donors (Lipinski definition) is 4. The Morgan fingerprint density at radius 1 is 1.32 bits per heavy atom. The minimum absolute atomic E-state index is 0.00791. The van der Waals surface area contributed by atoms with Crippen LogP contribution in [-0.4, -0.2) is 46.1 Å². The Morgan fingerprint density at radius 2 is 2.07 bits per heavy atom. The molecule has 3 rings (SSSR count). The molecule has 148 valence electrons. The van der Waals surface area contributed by atoms with Crippen molar-refractivity contribution in [2.75, 3.05) is 30.0 Å². The van der Waals surface area contributed by atoms with Gasteiger partial charge in [0.2, 0.25) is 5.78 Å². The van der Waals surface area contributed by atoms with Crippen LogP contribution in [0.25, 0.3) is 5.83 Å².